The van der Waals surface area contributed by atoms with E-state index in [1.165, 1.54) is 10.7 Å². The molecule has 110 valence electrons. The lowest BCUT2D eigenvalue weighted by molar-refractivity contribution is -0.143. The van der Waals surface area contributed by atoms with Gasteiger partial charge in [-0.15, -0.1) is 0 Å². The number of rotatable bonds is 2. The summed E-state index contributed by atoms with van der Waals surface area (Å²) in [6.45, 7) is 0.804. The van der Waals surface area contributed by atoms with Gasteiger partial charge < -0.3 is 10.0 Å². The second-order valence-electron chi connectivity index (χ2n) is 5.03. The van der Waals surface area contributed by atoms with Crippen molar-refractivity contribution in [1.29, 1.82) is 0 Å². The van der Waals surface area contributed by atoms with Crippen LogP contribution in [0.15, 0.2) is 23.1 Å². The summed E-state index contributed by atoms with van der Waals surface area (Å²) >= 11 is 3.30. The van der Waals surface area contributed by atoms with Gasteiger partial charge in [-0.1, -0.05) is 0 Å². The highest BCUT2D eigenvalue weighted by molar-refractivity contribution is 9.10. The average molecular weight is 353 g/mol. The van der Waals surface area contributed by atoms with E-state index in [4.69, 9.17) is 5.11 Å². The number of hydrogen-bond donors (Lipinski definition) is 1. The highest BCUT2D eigenvalue weighted by atomic mass is 79.9. The molecule has 2 aromatic rings. The van der Waals surface area contributed by atoms with Crippen LogP contribution in [0.5, 0.6) is 0 Å². The number of amides is 1. The molecule has 21 heavy (non-hydrogen) atoms. The highest BCUT2D eigenvalue weighted by Crippen LogP contribution is 2.20. The van der Waals surface area contributed by atoms with Crippen LogP contribution in [-0.4, -0.2) is 49.6 Å². The number of piperidine rings is 1. The van der Waals surface area contributed by atoms with Crippen LogP contribution in [-0.2, 0) is 4.79 Å². The Morgan fingerprint density at radius 2 is 2.19 bits per heavy atom. The number of aliphatic carboxylic acids is 1. The Bertz CT molecular complexity index is 715. The molecule has 1 saturated heterocycles. The molecule has 1 atom stereocenters. The van der Waals surface area contributed by atoms with E-state index in [0.29, 0.717) is 30.6 Å². The van der Waals surface area contributed by atoms with Crippen molar-refractivity contribution in [2.75, 3.05) is 13.1 Å². The quantitative estimate of drug-likeness (QED) is 0.883. The van der Waals surface area contributed by atoms with Crippen molar-refractivity contribution >= 4 is 33.5 Å². The molecule has 1 fully saturated rings. The van der Waals surface area contributed by atoms with E-state index in [2.05, 4.69) is 26.0 Å². The number of carboxylic acid groups (broad SMARTS) is 1. The van der Waals surface area contributed by atoms with Crippen LogP contribution in [0.4, 0.5) is 0 Å². The molecule has 0 aliphatic carbocycles. The van der Waals surface area contributed by atoms with E-state index in [1.54, 1.807) is 17.3 Å². The molecule has 3 rings (SSSR count). The second-order valence-corrected chi connectivity index (χ2v) is 5.94. The van der Waals surface area contributed by atoms with E-state index >= 15 is 0 Å². The Morgan fingerprint density at radius 3 is 2.95 bits per heavy atom. The van der Waals surface area contributed by atoms with Gasteiger partial charge in [-0.25, -0.2) is 9.50 Å². The summed E-state index contributed by atoms with van der Waals surface area (Å²) in [5.74, 6) is -1.56. The van der Waals surface area contributed by atoms with Gasteiger partial charge in [0, 0.05) is 25.5 Å². The lowest BCUT2D eigenvalue weighted by Gasteiger charge is -2.30. The van der Waals surface area contributed by atoms with Gasteiger partial charge in [0.25, 0.3) is 5.91 Å². The third-order valence-electron chi connectivity index (χ3n) is 3.61. The van der Waals surface area contributed by atoms with Crippen LogP contribution in [0, 0.1) is 5.92 Å². The molecule has 1 aliphatic heterocycles. The number of carbonyl (C=O) groups excluding carboxylic acids is 1. The number of aromatic nitrogens is 3. The summed E-state index contributed by atoms with van der Waals surface area (Å²) in [4.78, 5) is 29.4. The minimum Gasteiger partial charge on any atom is -0.481 e. The number of halogens is 1. The van der Waals surface area contributed by atoms with Gasteiger partial charge in [0.1, 0.15) is 5.56 Å². The Morgan fingerprint density at radius 1 is 1.38 bits per heavy atom. The van der Waals surface area contributed by atoms with Gasteiger partial charge in [-0.3, -0.25) is 9.59 Å². The van der Waals surface area contributed by atoms with Gasteiger partial charge in [-0.2, -0.15) is 5.10 Å². The van der Waals surface area contributed by atoms with E-state index in [-0.39, 0.29) is 12.5 Å². The molecular weight excluding hydrogens is 340 g/mol. The van der Waals surface area contributed by atoms with E-state index in [0.717, 1.165) is 4.47 Å². The Balaban J connectivity index is 1.88. The van der Waals surface area contributed by atoms with Crippen LogP contribution >= 0.6 is 15.9 Å². The number of carboxylic acids is 1. The molecule has 0 aromatic carbocycles. The molecule has 2 aromatic heterocycles. The molecule has 1 aliphatic rings. The summed E-state index contributed by atoms with van der Waals surface area (Å²) in [5.41, 5.74) is 0.870. The lowest BCUT2D eigenvalue weighted by atomic mass is 9.98. The summed E-state index contributed by atoms with van der Waals surface area (Å²) in [6.07, 6.45) is 6.10. The van der Waals surface area contributed by atoms with Crippen molar-refractivity contribution < 1.29 is 14.7 Å². The first-order valence-corrected chi connectivity index (χ1v) is 7.36. The van der Waals surface area contributed by atoms with Crippen LogP contribution in [0.3, 0.4) is 0 Å². The minimum atomic E-state index is -0.852. The van der Waals surface area contributed by atoms with Crippen molar-refractivity contribution in [3.8, 4) is 0 Å². The van der Waals surface area contributed by atoms with E-state index < -0.39 is 11.9 Å². The standard InChI is InChI=1S/C13H13BrN4O3/c14-9-4-15-11-10(5-16-18(11)7-9)12(19)17-3-1-2-8(6-17)13(20)21/h4-5,7-8H,1-3,6H2,(H,20,21). The maximum atomic E-state index is 12.6. The number of carbonyl (C=O) groups is 2. The molecule has 0 saturated carbocycles. The number of hydrogen-bond acceptors (Lipinski definition) is 4. The van der Waals surface area contributed by atoms with Crippen LogP contribution < -0.4 is 0 Å². The summed E-state index contributed by atoms with van der Waals surface area (Å²) in [7, 11) is 0. The monoisotopic (exact) mass is 352 g/mol. The topological polar surface area (TPSA) is 87.8 Å². The van der Waals surface area contributed by atoms with Crippen LogP contribution in [0.1, 0.15) is 23.2 Å². The largest absolute Gasteiger partial charge is 0.481 e. The Hall–Kier alpha value is -1.96. The number of likely N-dealkylation sites (tertiary alicyclic amines) is 1. The molecule has 7 nitrogen and oxygen atoms in total. The maximum absolute atomic E-state index is 12.6. The minimum absolute atomic E-state index is 0.217. The van der Waals surface area contributed by atoms with Crippen LogP contribution in [0.2, 0.25) is 0 Å². The van der Waals surface area contributed by atoms with Gasteiger partial charge >= 0.3 is 5.97 Å². The van der Waals surface area contributed by atoms with Gasteiger partial charge in [-0.05, 0) is 28.8 Å². The van der Waals surface area contributed by atoms with Crippen molar-refractivity contribution in [3.63, 3.8) is 0 Å². The fourth-order valence-electron chi connectivity index (χ4n) is 2.54. The molecule has 1 N–H and O–H groups in total. The number of fused-ring (bicyclic) bond motifs is 1. The summed E-state index contributed by atoms with van der Waals surface area (Å²) in [5, 5.41) is 13.2. The Kier molecular flexibility index (Phi) is 3.62. The SMILES string of the molecule is O=C(O)C1CCCN(C(=O)c2cnn3cc(Br)cnc23)C1. The first kappa shape index (κ1) is 14.0. The zero-order chi connectivity index (χ0) is 15.0. The highest BCUT2D eigenvalue weighted by Gasteiger charge is 2.30. The molecule has 0 radical (unpaired) electrons. The van der Waals surface area contributed by atoms with Gasteiger partial charge in [0.05, 0.1) is 16.6 Å². The second kappa shape index (κ2) is 5.44. The smallest absolute Gasteiger partial charge is 0.308 e. The van der Waals surface area contributed by atoms with Crippen molar-refractivity contribution in [1.82, 2.24) is 19.5 Å². The zero-order valence-corrected chi connectivity index (χ0v) is 12.7. The van der Waals surface area contributed by atoms with Crippen molar-refractivity contribution in [2.24, 2.45) is 5.92 Å². The first-order valence-electron chi connectivity index (χ1n) is 6.57. The van der Waals surface area contributed by atoms with Crippen molar-refractivity contribution in [3.05, 3.63) is 28.6 Å². The van der Waals surface area contributed by atoms with Crippen molar-refractivity contribution in [2.45, 2.75) is 12.8 Å². The maximum Gasteiger partial charge on any atom is 0.308 e. The molecule has 0 bridgehead atoms. The Labute approximate surface area is 128 Å². The van der Waals surface area contributed by atoms with E-state index in [9.17, 15) is 9.59 Å². The summed E-state index contributed by atoms with van der Waals surface area (Å²) in [6, 6.07) is 0. The zero-order valence-electron chi connectivity index (χ0n) is 11.1. The average Bonchev–Trinajstić information content (AvgIpc) is 2.89. The third-order valence-corrected chi connectivity index (χ3v) is 4.02. The lowest BCUT2D eigenvalue weighted by Crippen LogP contribution is -2.42. The van der Waals surface area contributed by atoms with Gasteiger partial charge in [0.15, 0.2) is 5.65 Å². The molecule has 0 spiro atoms. The van der Waals surface area contributed by atoms with E-state index in [1.807, 2.05) is 0 Å². The predicted molar refractivity (Wildman–Crippen MR) is 77.0 cm³/mol. The fraction of sp³-hybridized carbons (Fsp3) is 0.385. The predicted octanol–water partition coefficient (Wildman–Crippen LogP) is 1.43. The molecule has 1 amide bonds. The molecule has 8 heteroatoms. The third kappa shape index (κ3) is 2.63. The summed E-state index contributed by atoms with van der Waals surface area (Å²) < 4.78 is 2.29. The molecule has 3 heterocycles. The fourth-order valence-corrected chi connectivity index (χ4v) is 2.83. The van der Waals surface area contributed by atoms with Gasteiger partial charge in [0.2, 0.25) is 0 Å². The first-order chi connectivity index (χ1) is 10.1. The molecule has 1 unspecified atom stereocenters. The number of nitrogens with zero attached hydrogens (tertiary/aromatic N) is 4. The van der Waals surface area contributed by atoms with Crippen LogP contribution in [0.25, 0.3) is 5.65 Å². The molecular formula is C13H13BrN4O3. The normalized spacial score (nSPS) is 18.9.